The van der Waals surface area contributed by atoms with Crippen LogP contribution < -0.4 is 10.1 Å². The number of aromatic nitrogens is 3. The number of anilines is 1. The molecule has 6 nitrogen and oxygen atoms in total. The van der Waals surface area contributed by atoms with Crippen molar-refractivity contribution in [2.45, 2.75) is 51.4 Å². The second-order valence-corrected chi connectivity index (χ2v) is 8.88. The predicted octanol–water partition coefficient (Wildman–Crippen LogP) is 6.08. The van der Waals surface area contributed by atoms with Crippen LogP contribution in [0.2, 0.25) is 5.02 Å². The van der Waals surface area contributed by atoms with Crippen molar-refractivity contribution in [3.63, 3.8) is 0 Å². The van der Waals surface area contributed by atoms with Crippen LogP contribution in [-0.2, 0) is 11.3 Å². The lowest BCUT2D eigenvalue weighted by Crippen LogP contribution is -2.15. The molecule has 1 atom stereocenters. The minimum absolute atomic E-state index is 0.0429. The van der Waals surface area contributed by atoms with Crippen LogP contribution in [0, 0.1) is 5.82 Å². The summed E-state index contributed by atoms with van der Waals surface area (Å²) in [5.74, 6) is 1.25. The maximum absolute atomic E-state index is 13.3. The van der Waals surface area contributed by atoms with Crippen LogP contribution in [0.1, 0.15) is 51.1 Å². The fraction of sp³-hybridized carbons (Fsp3) is 0.348. The van der Waals surface area contributed by atoms with Gasteiger partial charge in [0.15, 0.2) is 17.1 Å². The van der Waals surface area contributed by atoms with Crippen molar-refractivity contribution in [1.29, 1.82) is 0 Å². The van der Waals surface area contributed by atoms with Gasteiger partial charge < -0.3 is 14.6 Å². The number of nitrogens with one attached hydrogen (secondary N) is 1. The molecule has 0 aliphatic heterocycles. The standard InChI is InChI=1S/C23H26ClFN4O2S/c1-5-29-22(15(4)31-18-9-6-16(7-10-18)14(2)3)27-28-23(29)32-13-21(30)26-17-8-11-20(25)19(24)12-17/h6-12,14-15H,5,13H2,1-4H3,(H,26,30). The molecule has 1 unspecified atom stereocenters. The molecule has 0 saturated carbocycles. The lowest BCUT2D eigenvalue weighted by atomic mass is 10.0. The second kappa shape index (κ2) is 10.8. The van der Waals surface area contributed by atoms with E-state index in [-0.39, 0.29) is 22.8 Å². The molecule has 1 amide bonds. The van der Waals surface area contributed by atoms with Crippen LogP contribution in [-0.4, -0.2) is 26.4 Å². The van der Waals surface area contributed by atoms with Crippen LogP contribution in [0.25, 0.3) is 0 Å². The van der Waals surface area contributed by atoms with E-state index in [9.17, 15) is 9.18 Å². The average Bonchev–Trinajstić information content (AvgIpc) is 3.18. The zero-order chi connectivity index (χ0) is 23.3. The highest BCUT2D eigenvalue weighted by Crippen LogP contribution is 2.26. The number of benzene rings is 2. The summed E-state index contributed by atoms with van der Waals surface area (Å²) in [6, 6.07) is 12.1. The number of carbonyl (C=O) groups excluding carboxylic acids is 1. The van der Waals surface area contributed by atoms with Gasteiger partial charge in [0, 0.05) is 12.2 Å². The molecule has 0 radical (unpaired) electrons. The summed E-state index contributed by atoms with van der Waals surface area (Å²) in [5, 5.41) is 11.8. The molecule has 0 bridgehead atoms. The van der Waals surface area contributed by atoms with Gasteiger partial charge in [0.1, 0.15) is 11.6 Å². The van der Waals surface area contributed by atoms with Crippen molar-refractivity contribution >= 4 is 35.0 Å². The highest BCUT2D eigenvalue weighted by atomic mass is 35.5. The van der Waals surface area contributed by atoms with E-state index >= 15 is 0 Å². The van der Waals surface area contributed by atoms with E-state index in [4.69, 9.17) is 16.3 Å². The van der Waals surface area contributed by atoms with E-state index in [0.717, 1.165) is 5.75 Å². The fourth-order valence-electron chi connectivity index (χ4n) is 3.09. The minimum Gasteiger partial charge on any atom is -0.483 e. The Morgan fingerprint density at radius 3 is 2.53 bits per heavy atom. The monoisotopic (exact) mass is 476 g/mol. The number of hydrogen-bond acceptors (Lipinski definition) is 5. The molecular formula is C23H26ClFN4O2S. The molecule has 0 aliphatic rings. The van der Waals surface area contributed by atoms with Gasteiger partial charge in [-0.05, 0) is 55.7 Å². The van der Waals surface area contributed by atoms with Gasteiger partial charge in [-0.1, -0.05) is 49.3 Å². The smallest absolute Gasteiger partial charge is 0.234 e. The van der Waals surface area contributed by atoms with Gasteiger partial charge in [0.05, 0.1) is 10.8 Å². The Morgan fingerprint density at radius 2 is 1.91 bits per heavy atom. The average molecular weight is 477 g/mol. The Morgan fingerprint density at radius 1 is 1.19 bits per heavy atom. The topological polar surface area (TPSA) is 69.0 Å². The number of carbonyl (C=O) groups is 1. The first kappa shape index (κ1) is 24.1. The van der Waals surface area contributed by atoms with E-state index in [1.54, 1.807) is 0 Å². The van der Waals surface area contributed by atoms with Crippen LogP contribution in [0.5, 0.6) is 5.75 Å². The first-order valence-electron chi connectivity index (χ1n) is 10.4. The molecule has 2 aromatic carbocycles. The van der Waals surface area contributed by atoms with Crippen molar-refractivity contribution < 1.29 is 13.9 Å². The van der Waals surface area contributed by atoms with Crippen LogP contribution >= 0.6 is 23.4 Å². The molecule has 170 valence electrons. The maximum Gasteiger partial charge on any atom is 0.234 e. The second-order valence-electron chi connectivity index (χ2n) is 7.53. The largest absolute Gasteiger partial charge is 0.483 e. The van der Waals surface area contributed by atoms with Gasteiger partial charge >= 0.3 is 0 Å². The van der Waals surface area contributed by atoms with Crippen LogP contribution in [0.3, 0.4) is 0 Å². The van der Waals surface area contributed by atoms with Gasteiger partial charge in [-0.3, -0.25) is 4.79 Å². The predicted molar refractivity (Wildman–Crippen MR) is 126 cm³/mol. The third kappa shape index (κ3) is 6.01. The van der Waals surface area contributed by atoms with E-state index in [1.807, 2.05) is 30.5 Å². The first-order chi connectivity index (χ1) is 15.3. The first-order valence-corrected chi connectivity index (χ1v) is 11.7. The Hall–Kier alpha value is -2.58. The molecule has 0 spiro atoms. The van der Waals surface area contributed by atoms with Crippen molar-refractivity contribution in [3.05, 3.63) is 64.7 Å². The molecule has 0 saturated heterocycles. The SMILES string of the molecule is CCn1c(SCC(=O)Nc2ccc(F)c(Cl)c2)nnc1C(C)Oc1ccc(C(C)C)cc1. The summed E-state index contributed by atoms with van der Waals surface area (Å²) < 4.78 is 21.3. The molecular weight excluding hydrogens is 451 g/mol. The quantitative estimate of drug-likeness (QED) is 0.379. The molecule has 0 aliphatic carbocycles. The molecule has 32 heavy (non-hydrogen) atoms. The molecule has 9 heteroatoms. The van der Waals surface area contributed by atoms with Gasteiger partial charge in [-0.15, -0.1) is 10.2 Å². The number of ether oxygens (including phenoxy) is 1. The summed E-state index contributed by atoms with van der Waals surface area (Å²) in [6.45, 7) is 8.85. The lowest BCUT2D eigenvalue weighted by Gasteiger charge is -2.16. The molecule has 0 fully saturated rings. The van der Waals surface area contributed by atoms with Gasteiger partial charge in [-0.2, -0.15) is 0 Å². The van der Waals surface area contributed by atoms with Crippen LogP contribution in [0.15, 0.2) is 47.6 Å². The van der Waals surface area contributed by atoms with Crippen LogP contribution in [0.4, 0.5) is 10.1 Å². The summed E-state index contributed by atoms with van der Waals surface area (Å²) in [4.78, 5) is 12.3. The number of thioether (sulfide) groups is 1. The maximum atomic E-state index is 13.3. The van der Waals surface area contributed by atoms with E-state index in [0.29, 0.717) is 29.1 Å². The highest BCUT2D eigenvalue weighted by Gasteiger charge is 2.19. The number of nitrogens with zero attached hydrogens (tertiary/aromatic N) is 3. The van der Waals surface area contributed by atoms with Crippen molar-refractivity contribution in [2.24, 2.45) is 0 Å². The number of hydrogen-bond donors (Lipinski definition) is 1. The summed E-state index contributed by atoms with van der Waals surface area (Å²) in [7, 11) is 0. The molecule has 1 heterocycles. The zero-order valence-corrected chi connectivity index (χ0v) is 20.0. The third-order valence-electron chi connectivity index (χ3n) is 4.82. The minimum atomic E-state index is -0.533. The lowest BCUT2D eigenvalue weighted by molar-refractivity contribution is -0.113. The number of amides is 1. The summed E-state index contributed by atoms with van der Waals surface area (Å²) in [6.07, 6.45) is -0.308. The fourth-order valence-corrected chi connectivity index (χ4v) is 4.08. The van der Waals surface area contributed by atoms with E-state index in [1.165, 1.54) is 35.5 Å². The van der Waals surface area contributed by atoms with Crippen molar-refractivity contribution in [3.8, 4) is 5.75 Å². The molecule has 1 aromatic heterocycles. The van der Waals surface area contributed by atoms with E-state index in [2.05, 4.69) is 41.5 Å². The van der Waals surface area contributed by atoms with Gasteiger partial charge in [-0.25, -0.2) is 4.39 Å². The zero-order valence-electron chi connectivity index (χ0n) is 18.4. The third-order valence-corrected chi connectivity index (χ3v) is 6.08. The Bertz CT molecular complexity index is 1070. The number of rotatable bonds is 9. The number of halogens is 2. The summed E-state index contributed by atoms with van der Waals surface area (Å²) in [5.41, 5.74) is 1.69. The van der Waals surface area contributed by atoms with Gasteiger partial charge in [0.2, 0.25) is 5.91 Å². The Kier molecular flexibility index (Phi) is 8.15. The normalized spacial score (nSPS) is 12.1. The van der Waals surface area contributed by atoms with Crippen molar-refractivity contribution in [1.82, 2.24) is 14.8 Å². The van der Waals surface area contributed by atoms with Gasteiger partial charge in [0.25, 0.3) is 0 Å². The Balaban J connectivity index is 1.62. The highest BCUT2D eigenvalue weighted by molar-refractivity contribution is 7.99. The summed E-state index contributed by atoms with van der Waals surface area (Å²) >= 11 is 7.03. The molecule has 3 aromatic rings. The van der Waals surface area contributed by atoms with E-state index < -0.39 is 5.82 Å². The Labute approximate surface area is 196 Å². The molecule has 1 N–H and O–H groups in total. The molecule has 3 rings (SSSR count). The van der Waals surface area contributed by atoms with Crippen molar-refractivity contribution in [2.75, 3.05) is 11.1 Å².